The lowest BCUT2D eigenvalue weighted by molar-refractivity contribution is 0.578. The molecule has 0 heterocycles. The third-order valence-corrected chi connectivity index (χ3v) is 4.89. The number of fused-ring (bicyclic) bond motifs is 1. The molecule has 0 aromatic heterocycles. The average Bonchev–Trinajstić information content (AvgIpc) is 2.44. The predicted molar refractivity (Wildman–Crippen MR) is 89.7 cm³/mol. The van der Waals surface area contributed by atoms with Gasteiger partial charge in [-0.3, -0.25) is 0 Å². The summed E-state index contributed by atoms with van der Waals surface area (Å²) < 4.78 is 27.3. The Kier molecular flexibility index (Phi) is 6.90. The van der Waals surface area contributed by atoms with E-state index in [9.17, 15) is 8.42 Å². The van der Waals surface area contributed by atoms with E-state index in [-0.39, 0.29) is 17.3 Å². The minimum absolute atomic E-state index is 0. The fourth-order valence-electron chi connectivity index (χ4n) is 2.02. The lowest BCUT2D eigenvalue weighted by Crippen LogP contribution is -2.25. The van der Waals surface area contributed by atoms with Gasteiger partial charge in [0.15, 0.2) is 0 Å². The molecule has 2 aromatic carbocycles. The minimum atomic E-state index is -3.53. The molecule has 0 radical (unpaired) electrons. The molecule has 7 heteroatoms. The van der Waals surface area contributed by atoms with Crippen LogP contribution in [-0.2, 0) is 10.0 Å². The van der Waals surface area contributed by atoms with Gasteiger partial charge in [-0.15, -0.1) is 12.4 Å². The van der Waals surface area contributed by atoms with Crippen LogP contribution in [0, 0.1) is 0 Å². The van der Waals surface area contributed by atoms with Crippen molar-refractivity contribution in [1.29, 1.82) is 0 Å². The Morgan fingerprint density at radius 2 is 1.71 bits per heavy atom. The van der Waals surface area contributed by atoms with E-state index < -0.39 is 10.0 Å². The zero-order valence-electron chi connectivity index (χ0n) is 11.4. The van der Waals surface area contributed by atoms with Crippen molar-refractivity contribution in [2.24, 2.45) is 5.73 Å². The third kappa shape index (κ3) is 4.31. The van der Waals surface area contributed by atoms with Crippen LogP contribution in [0.1, 0.15) is 12.8 Å². The van der Waals surface area contributed by atoms with Gasteiger partial charge >= 0.3 is 0 Å². The van der Waals surface area contributed by atoms with Gasteiger partial charge in [-0.2, -0.15) is 0 Å². The summed E-state index contributed by atoms with van der Waals surface area (Å²) in [5.74, 6) is 0. The molecule has 4 nitrogen and oxygen atoms in total. The number of rotatable bonds is 6. The van der Waals surface area contributed by atoms with E-state index in [1.165, 1.54) is 6.07 Å². The fraction of sp³-hybridized carbons (Fsp3) is 0.286. The van der Waals surface area contributed by atoms with Crippen LogP contribution in [0.3, 0.4) is 0 Å². The third-order valence-electron chi connectivity index (χ3n) is 3.04. The van der Waals surface area contributed by atoms with Gasteiger partial charge < -0.3 is 5.73 Å². The zero-order chi connectivity index (χ0) is 14.6. The summed E-state index contributed by atoms with van der Waals surface area (Å²) in [5, 5.41) is 1.91. The van der Waals surface area contributed by atoms with Crippen LogP contribution in [-0.4, -0.2) is 21.5 Å². The number of nitrogens with two attached hydrogens (primary N) is 1. The predicted octanol–water partition coefficient (Wildman–Crippen LogP) is 2.93. The van der Waals surface area contributed by atoms with Gasteiger partial charge in [0.2, 0.25) is 10.0 Å². The van der Waals surface area contributed by atoms with Crippen molar-refractivity contribution in [1.82, 2.24) is 4.72 Å². The Hall–Kier alpha value is -0.850. The molecule has 0 atom stereocenters. The summed E-state index contributed by atoms with van der Waals surface area (Å²) >= 11 is 6.10. The van der Waals surface area contributed by atoms with Crippen molar-refractivity contribution < 1.29 is 8.42 Å². The molecular formula is C14H18Cl2N2O2S. The van der Waals surface area contributed by atoms with Gasteiger partial charge in [0.1, 0.15) is 0 Å². The molecule has 0 aliphatic rings. The smallest absolute Gasteiger partial charge is 0.241 e. The van der Waals surface area contributed by atoms with Gasteiger partial charge in [-0.1, -0.05) is 35.9 Å². The molecule has 0 aliphatic heterocycles. The van der Waals surface area contributed by atoms with E-state index in [1.54, 1.807) is 18.2 Å². The molecule has 0 unspecified atom stereocenters. The highest BCUT2D eigenvalue weighted by Crippen LogP contribution is 2.28. The van der Waals surface area contributed by atoms with E-state index in [1.807, 2.05) is 12.1 Å². The Labute approximate surface area is 136 Å². The molecule has 0 spiro atoms. The van der Waals surface area contributed by atoms with Crippen molar-refractivity contribution in [2.45, 2.75) is 17.7 Å². The number of halogens is 2. The van der Waals surface area contributed by atoms with Crippen LogP contribution in [0.25, 0.3) is 10.8 Å². The number of hydrogen-bond acceptors (Lipinski definition) is 3. The molecule has 116 valence electrons. The number of unbranched alkanes of at least 4 members (excludes halogenated alkanes) is 1. The lowest BCUT2D eigenvalue weighted by atomic mass is 10.1. The van der Waals surface area contributed by atoms with E-state index in [2.05, 4.69) is 4.72 Å². The van der Waals surface area contributed by atoms with Gasteiger partial charge in [0.25, 0.3) is 0 Å². The Bertz CT molecular complexity index is 705. The number of benzene rings is 2. The van der Waals surface area contributed by atoms with Crippen LogP contribution in [0.4, 0.5) is 0 Å². The second-order valence-corrected chi connectivity index (χ2v) is 6.63. The molecule has 0 amide bonds. The van der Waals surface area contributed by atoms with Crippen LogP contribution in [0.15, 0.2) is 41.3 Å². The minimum Gasteiger partial charge on any atom is -0.330 e. The first kappa shape index (κ1) is 18.2. The average molecular weight is 349 g/mol. The maximum atomic E-state index is 12.3. The van der Waals surface area contributed by atoms with Crippen molar-refractivity contribution >= 4 is 44.8 Å². The highest BCUT2D eigenvalue weighted by Gasteiger charge is 2.17. The maximum absolute atomic E-state index is 12.3. The Morgan fingerprint density at radius 3 is 2.38 bits per heavy atom. The number of sulfonamides is 1. The molecule has 2 aromatic rings. The summed E-state index contributed by atoms with van der Waals surface area (Å²) in [6.45, 7) is 0.947. The number of hydrogen-bond donors (Lipinski definition) is 2. The summed E-state index contributed by atoms with van der Waals surface area (Å²) in [6.07, 6.45) is 1.52. The fourth-order valence-corrected chi connectivity index (χ4v) is 3.53. The second kappa shape index (κ2) is 7.96. The quantitative estimate of drug-likeness (QED) is 0.788. The lowest BCUT2D eigenvalue weighted by Gasteiger charge is -2.10. The first-order chi connectivity index (χ1) is 9.56. The molecule has 2 rings (SSSR count). The summed E-state index contributed by atoms with van der Waals surface area (Å²) in [7, 11) is -3.53. The first-order valence-electron chi connectivity index (χ1n) is 6.43. The van der Waals surface area contributed by atoms with Gasteiger partial charge in [0.05, 0.1) is 4.90 Å². The van der Waals surface area contributed by atoms with Crippen LogP contribution in [0.2, 0.25) is 5.02 Å². The molecular weight excluding hydrogens is 331 g/mol. The first-order valence-corrected chi connectivity index (χ1v) is 8.29. The van der Waals surface area contributed by atoms with E-state index in [0.717, 1.165) is 18.2 Å². The van der Waals surface area contributed by atoms with E-state index in [0.29, 0.717) is 23.5 Å². The van der Waals surface area contributed by atoms with Crippen molar-refractivity contribution in [3.05, 3.63) is 41.4 Å². The Balaban J connectivity index is 0.00000220. The molecule has 3 N–H and O–H groups in total. The summed E-state index contributed by atoms with van der Waals surface area (Å²) in [6, 6.07) is 10.3. The van der Waals surface area contributed by atoms with Crippen LogP contribution < -0.4 is 10.5 Å². The zero-order valence-corrected chi connectivity index (χ0v) is 13.8. The summed E-state index contributed by atoms with van der Waals surface area (Å²) in [4.78, 5) is 0.255. The van der Waals surface area contributed by atoms with Crippen molar-refractivity contribution in [2.75, 3.05) is 13.1 Å². The largest absolute Gasteiger partial charge is 0.330 e. The molecule has 0 saturated carbocycles. The van der Waals surface area contributed by atoms with Gasteiger partial charge in [-0.25, -0.2) is 13.1 Å². The highest BCUT2D eigenvalue weighted by molar-refractivity contribution is 7.89. The SMILES string of the molecule is Cl.NCCCCNS(=O)(=O)c1ccc(Cl)c2ccccc12. The molecule has 0 aliphatic carbocycles. The monoisotopic (exact) mass is 348 g/mol. The molecule has 0 bridgehead atoms. The van der Waals surface area contributed by atoms with Gasteiger partial charge in [-0.05, 0) is 31.5 Å². The van der Waals surface area contributed by atoms with E-state index in [4.69, 9.17) is 17.3 Å². The maximum Gasteiger partial charge on any atom is 0.241 e. The summed E-state index contributed by atoms with van der Waals surface area (Å²) in [5.41, 5.74) is 5.39. The standard InChI is InChI=1S/C14H17ClN2O2S.ClH/c15-13-7-8-14(12-6-2-1-5-11(12)13)20(18,19)17-10-4-3-9-16;/h1-2,5-8,17H,3-4,9-10,16H2;1H. The molecule has 0 fully saturated rings. The Morgan fingerprint density at radius 1 is 1.05 bits per heavy atom. The van der Waals surface area contributed by atoms with E-state index >= 15 is 0 Å². The normalized spacial score (nSPS) is 11.3. The number of nitrogens with one attached hydrogen (secondary N) is 1. The van der Waals surface area contributed by atoms with Crippen LogP contribution >= 0.6 is 24.0 Å². The van der Waals surface area contributed by atoms with Crippen molar-refractivity contribution in [3.8, 4) is 0 Å². The molecule has 21 heavy (non-hydrogen) atoms. The highest BCUT2D eigenvalue weighted by atomic mass is 35.5. The molecule has 0 saturated heterocycles. The van der Waals surface area contributed by atoms with Gasteiger partial charge in [0, 0.05) is 22.3 Å². The topological polar surface area (TPSA) is 72.2 Å². The van der Waals surface area contributed by atoms with Crippen molar-refractivity contribution in [3.63, 3.8) is 0 Å². The van der Waals surface area contributed by atoms with Crippen LogP contribution in [0.5, 0.6) is 0 Å². The second-order valence-electron chi connectivity index (χ2n) is 4.48.